The Hall–Kier alpha value is -1.85. The van der Waals surface area contributed by atoms with Crippen LogP contribution in [0, 0.1) is 0 Å². The lowest BCUT2D eigenvalue weighted by atomic mass is 10.2. The van der Waals surface area contributed by atoms with Crippen molar-refractivity contribution in [1.29, 1.82) is 0 Å². The third-order valence-electron chi connectivity index (χ3n) is 2.75. The monoisotopic (exact) mass is 268 g/mol. The summed E-state index contributed by atoms with van der Waals surface area (Å²) in [6.45, 7) is 4.56. The zero-order chi connectivity index (χ0) is 14.3. The summed E-state index contributed by atoms with van der Waals surface area (Å²) in [6.07, 6.45) is 4.35. The largest absolute Gasteiger partial charge is 0.464 e. The number of nitrogens with zero attached hydrogens (tertiary/aromatic N) is 2. The summed E-state index contributed by atoms with van der Waals surface area (Å²) < 4.78 is 9.71. The molecule has 0 atom stereocenters. The minimum Gasteiger partial charge on any atom is -0.464 e. The number of rotatable bonds is 7. The first-order chi connectivity index (χ1) is 9.08. The van der Waals surface area contributed by atoms with Gasteiger partial charge in [0.05, 0.1) is 13.7 Å². The Balaban J connectivity index is 2.61. The van der Waals surface area contributed by atoms with E-state index in [0.717, 1.165) is 19.3 Å². The lowest BCUT2D eigenvalue weighted by Crippen LogP contribution is -2.29. The van der Waals surface area contributed by atoms with Gasteiger partial charge in [-0.15, -0.1) is 0 Å². The van der Waals surface area contributed by atoms with Gasteiger partial charge in [0.2, 0.25) is 11.8 Å². The fourth-order valence-corrected chi connectivity index (χ4v) is 1.65. The maximum absolute atomic E-state index is 11.5. The molecule has 0 radical (unpaired) electrons. The van der Waals surface area contributed by atoms with Crippen molar-refractivity contribution in [2.24, 2.45) is 0 Å². The molecule has 0 aliphatic heterocycles. The number of carbonyl (C=O) groups is 2. The van der Waals surface area contributed by atoms with Crippen molar-refractivity contribution in [2.45, 2.75) is 39.7 Å². The summed E-state index contributed by atoms with van der Waals surface area (Å²) >= 11 is 0. The van der Waals surface area contributed by atoms with Crippen molar-refractivity contribution in [3.8, 4) is 0 Å². The molecule has 106 valence electrons. The molecule has 1 amide bonds. The van der Waals surface area contributed by atoms with E-state index < -0.39 is 5.97 Å². The number of esters is 1. The fraction of sp³-hybridized carbons (Fsp3) is 0.615. The summed E-state index contributed by atoms with van der Waals surface area (Å²) in [4.78, 5) is 28.4. The van der Waals surface area contributed by atoms with Crippen molar-refractivity contribution < 1.29 is 18.7 Å². The maximum Gasteiger partial charge on any atom is 0.360 e. The molecule has 0 spiro atoms. The van der Waals surface area contributed by atoms with Gasteiger partial charge in [-0.05, 0) is 6.42 Å². The van der Waals surface area contributed by atoms with E-state index in [1.807, 2.05) is 0 Å². The average Bonchev–Trinajstić information content (AvgIpc) is 2.85. The van der Waals surface area contributed by atoms with Gasteiger partial charge in [0.25, 0.3) is 0 Å². The highest BCUT2D eigenvalue weighted by atomic mass is 16.5. The Kier molecular flexibility index (Phi) is 6.05. The normalized spacial score (nSPS) is 10.3. The van der Waals surface area contributed by atoms with Crippen LogP contribution in [-0.2, 0) is 16.1 Å². The van der Waals surface area contributed by atoms with E-state index >= 15 is 0 Å². The molecule has 1 aromatic heterocycles. The third-order valence-corrected chi connectivity index (χ3v) is 2.75. The molecule has 6 heteroatoms. The third kappa shape index (κ3) is 4.73. The van der Waals surface area contributed by atoms with Gasteiger partial charge in [0, 0.05) is 13.5 Å². The number of hydrogen-bond acceptors (Lipinski definition) is 5. The molecule has 0 aliphatic carbocycles. The Morgan fingerprint density at radius 1 is 1.42 bits per heavy atom. The Bertz CT molecular complexity index is 428. The van der Waals surface area contributed by atoms with Crippen molar-refractivity contribution in [2.75, 3.05) is 13.7 Å². The van der Waals surface area contributed by atoms with Gasteiger partial charge in [0.1, 0.15) is 6.26 Å². The van der Waals surface area contributed by atoms with E-state index in [9.17, 15) is 9.59 Å². The van der Waals surface area contributed by atoms with Crippen LogP contribution in [0.15, 0.2) is 10.7 Å². The van der Waals surface area contributed by atoms with Gasteiger partial charge in [-0.1, -0.05) is 19.8 Å². The highest BCUT2D eigenvalue weighted by Gasteiger charge is 2.16. The number of aromatic nitrogens is 1. The van der Waals surface area contributed by atoms with Crippen LogP contribution in [0.4, 0.5) is 0 Å². The lowest BCUT2D eigenvalue weighted by Gasteiger charge is -2.18. The second-order valence-corrected chi connectivity index (χ2v) is 4.27. The zero-order valence-electron chi connectivity index (χ0n) is 11.6. The number of methoxy groups -OCH3 is 1. The molecule has 0 N–H and O–H groups in total. The highest BCUT2D eigenvalue weighted by molar-refractivity contribution is 5.86. The van der Waals surface area contributed by atoms with Gasteiger partial charge in [-0.3, -0.25) is 4.79 Å². The van der Waals surface area contributed by atoms with Crippen molar-refractivity contribution in [3.63, 3.8) is 0 Å². The molecule has 1 rings (SSSR count). The van der Waals surface area contributed by atoms with Crippen molar-refractivity contribution in [1.82, 2.24) is 9.88 Å². The smallest absolute Gasteiger partial charge is 0.360 e. The van der Waals surface area contributed by atoms with Crippen LogP contribution in [0.3, 0.4) is 0 Å². The molecule has 0 aromatic carbocycles. The Morgan fingerprint density at radius 2 is 2.16 bits per heavy atom. The van der Waals surface area contributed by atoms with E-state index in [1.54, 1.807) is 4.90 Å². The van der Waals surface area contributed by atoms with Crippen LogP contribution in [0.1, 0.15) is 49.5 Å². The van der Waals surface area contributed by atoms with E-state index in [1.165, 1.54) is 20.3 Å². The first-order valence-corrected chi connectivity index (χ1v) is 6.36. The van der Waals surface area contributed by atoms with Gasteiger partial charge < -0.3 is 14.1 Å². The second kappa shape index (κ2) is 7.56. The van der Waals surface area contributed by atoms with Crippen LogP contribution in [-0.4, -0.2) is 35.4 Å². The Labute approximate surface area is 112 Å². The molecule has 0 saturated heterocycles. The van der Waals surface area contributed by atoms with Gasteiger partial charge in [0.15, 0.2) is 5.69 Å². The van der Waals surface area contributed by atoms with E-state index in [0.29, 0.717) is 12.4 Å². The molecule has 19 heavy (non-hydrogen) atoms. The Morgan fingerprint density at radius 3 is 2.74 bits per heavy atom. The molecule has 0 saturated carbocycles. The minimum absolute atomic E-state index is 0.0334. The average molecular weight is 268 g/mol. The number of oxazole rings is 1. The molecule has 0 bridgehead atoms. The van der Waals surface area contributed by atoms with Crippen molar-refractivity contribution in [3.05, 3.63) is 17.8 Å². The predicted molar refractivity (Wildman–Crippen MR) is 68.5 cm³/mol. The van der Waals surface area contributed by atoms with Crippen LogP contribution < -0.4 is 0 Å². The number of unbranched alkanes of at least 4 members (excludes halogenated alkanes) is 2. The van der Waals surface area contributed by atoms with Crippen LogP contribution >= 0.6 is 0 Å². The highest BCUT2D eigenvalue weighted by Crippen LogP contribution is 2.08. The van der Waals surface area contributed by atoms with Crippen molar-refractivity contribution >= 4 is 11.9 Å². The number of ether oxygens (including phenoxy) is 1. The standard InChI is InChI=1S/C13H20N2O4/c1-4-5-6-7-15(10(2)16)8-12-14-11(9-19-12)13(17)18-3/h9H,4-8H2,1-3H3. The maximum atomic E-state index is 11.5. The summed E-state index contributed by atoms with van der Waals surface area (Å²) in [5.41, 5.74) is 0.120. The number of amides is 1. The first-order valence-electron chi connectivity index (χ1n) is 6.36. The molecule has 1 aromatic rings. The molecule has 0 fully saturated rings. The first kappa shape index (κ1) is 15.2. The van der Waals surface area contributed by atoms with Crippen LogP contribution in [0.2, 0.25) is 0 Å². The number of hydrogen-bond donors (Lipinski definition) is 0. The zero-order valence-corrected chi connectivity index (χ0v) is 11.6. The summed E-state index contributed by atoms with van der Waals surface area (Å²) in [6, 6.07) is 0. The quantitative estimate of drug-likeness (QED) is 0.558. The van der Waals surface area contributed by atoms with E-state index in [2.05, 4.69) is 16.6 Å². The molecule has 0 aliphatic rings. The number of carbonyl (C=O) groups excluding carboxylic acids is 2. The molecular weight excluding hydrogens is 248 g/mol. The fourth-order valence-electron chi connectivity index (χ4n) is 1.65. The van der Waals surface area contributed by atoms with Gasteiger partial charge in [-0.25, -0.2) is 9.78 Å². The van der Waals surface area contributed by atoms with Crippen LogP contribution in [0.25, 0.3) is 0 Å². The SMILES string of the molecule is CCCCCN(Cc1nc(C(=O)OC)co1)C(C)=O. The van der Waals surface area contributed by atoms with Gasteiger partial charge >= 0.3 is 5.97 Å². The molecule has 0 unspecified atom stereocenters. The van der Waals surface area contributed by atoms with Crippen LogP contribution in [0.5, 0.6) is 0 Å². The molecule has 6 nitrogen and oxygen atoms in total. The second-order valence-electron chi connectivity index (χ2n) is 4.27. The topological polar surface area (TPSA) is 72.6 Å². The lowest BCUT2D eigenvalue weighted by molar-refractivity contribution is -0.129. The summed E-state index contributed by atoms with van der Waals surface area (Å²) in [5, 5.41) is 0. The van der Waals surface area contributed by atoms with E-state index in [4.69, 9.17) is 4.42 Å². The van der Waals surface area contributed by atoms with Gasteiger partial charge in [-0.2, -0.15) is 0 Å². The summed E-state index contributed by atoms with van der Waals surface area (Å²) in [7, 11) is 1.28. The summed E-state index contributed by atoms with van der Waals surface area (Å²) in [5.74, 6) is -0.239. The van der Waals surface area contributed by atoms with E-state index in [-0.39, 0.29) is 18.1 Å². The minimum atomic E-state index is -0.546. The predicted octanol–water partition coefficient (Wildman–Crippen LogP) is 2.00. The molecule has 1 heterocycles. The molecular formula is C13H20N2O4.